The molecule has 1 aromatic rings. The molecule has 78 valence electrons. The summed E-state index contributed by atoms with van der Waals surface area (Å²) in [5.74, 6) is -0.0429. The van der Waals surface area contributed by atoms with Gasteiger partial charge >= 0.3 is 5.69 Å². The Morgan fingerprint density at radius 3 is 2.86 bits per heavy atom. The summed E-state index contributed by atoms with van der Waals surface area (Å²) in [6.45, 7) is 2.19. The number of rotatable bonds is 5. The number of aromatic hydroxyl groups is 1. The van der Waals surface area contributed by atoms with Crippen molar-refractivity contribution in [1.82, 2.24) is 9.55 Å². The molecule has 0 aliphatic heterocycles. The standard InChI is InChI=1S/C9H14N2O3/c1-2-4-7-8(13)11(5-3-6-12)9(14)10-7/h6,13H,2-5H2,1H3,(H,10,14). The normalized spacial score (nSPS) is 10.4. The van der Waals surface area contributed by atoms with Crippen molar-refractivity contribution < 1.29 is 9.90 Å². The van der Waals surface area contributed by atoms with Gasteiger partial charge in [0.25, 0.3) is 0 Å². The molecule has 0 saturated heterocycles. The van der Waals surface area contributed by atoms with Gasteiger partial charge in [-0.3, -0.25) is 4.57 Å². The maximum Gasteiger partial charge on any atom is 0.328 e. The van der Waals surface area contributed by atoms with Crippen molar-refractivity contribution in [2.45, 2.75) is 32.7 Å². The summed E-state index contributed by atoms with van der Waals surface area (Å²) in [6, 6.07) is 0. The van der Waals surface area contributed by atoms with Crippen LogP contribution < -0.4 is 5.69 Å². The number of aryl methyl sites for hydroxylation is 1. The summed E-state index contributed by atoms with van der Waals surface area (Å²) in [7, 11) is 0. The molecule has 5 heteroatoms. The van der Waals surface area contributed by atoms with Crippen molar-refractivity contribution in [3.05, 3.63) is 16.2 Å². The number of carbonyl (C=O) groups is 1. The SMILES string of the molecule is CCCc1[nH]c(=O)n(CCC=O)c1O. The third-order valence-corrected chi connectivity index (χ3v) is 2.00. The van der Waals surface area contributed by atoms with Gasteiger partial charge in [-0.25, -0.2) is 4.79 Å². The van der Waals surface area contributed by atoms with Crippen molar-refractivity contribution in [3.8, 4) is 5.88 Å². The number of nitrogens with zero attached hydrogens (tertiary/aromatic N) is 1. The third-order valence-electron chi connectivity index (χ3n) is 2.00. The Balaban J connectivity index is 2.92. The minimum absolute atomic E-state index is 0.0429. The third kappa shape index (κ3) is 2.04. The first-order chi connectivity index (χ1) is 6.70. The Hall–Kier alpha value is -1.52. The lowest BCUT2D eigenvalue weighted by atomic mass is 10.3. The second-order valence-electron chi connectivity index (χ2n) is 3.09. The molecule has 2 N–H and O–H groups in total. The van der Waals surface area contributed by atoms with Crippen LogP contribution in [0.5, 0.6) is 5.88 Å². The number of hydrogen-bond donors (Lipinski definition) is 2. The van der Waals surface area contributed by atoms with Gasteiger partial charge in [0.05, 0.1) is 5.69 Å². The summed E-state index contributed by atoms with van der Waals surface area (Å²) in [5.41, 5.74) is 0.191. The van der Waals surface area contributed by atoms with Gasteiger partial charge in [-0.2, -0.15) is 0 Å². The number of H-pyrrole nitrogens is 1. The first-order valence-electron chi connectivity index (χ1n) is 4.65. The van der Waals surface area contributed by atoms with E-state index in [2.05, 4.69) is 4.98 Å². The monoisotopic (exact) mass is 198 g/mol. The summed E-state index contributed by atoms with van der Waals surface area (Å²) < 4.78 is 1.18. The predicted molar refractivity (Wildman–Crippen MR) is 51.4 cm³/mol. The fourth-order valence-corrected chi connectivity index (χ4v) is 1.33. The number of imidazole rings is 1. The second-order valence-corrected chi connectivity index (χ2v) is 3.09. The highest BCUT2D eigenvalue weighted by molar-refractivity contribution is 5.49. The van der Waals surface area contributed by atoms with Crippen LogP contribution in [0.15, 0.2) is 4.79 Å². The molecule has 1 aromatic heterocycles. The molecular weight excluding hydrogens is 184 g/mol. The van der Waals surface area contributed by atoms with Gasteiger partial charge in [0.2, 0.25) is 5.88 Å². The zero-order valence-electron chi connectivity index (χ0n) is 8.12. The lowest BCUT2D eigenvalue weighted by molar-refractivity contribution is -0.108. The van der Waals surface area contributed by atoms with E-state index < -0.39 is 0 Å². The molecular formula is C9H14N2O3. The van der Waals surface area contributed by atoms with Crippen LogP contribution in [-0.4, -0.2) is 20.9 Å². The first kappa shape index (κ1) is 10.6. The van der Waals surface area contributed by atoms with E-state index >= 15 is 0 Å². The van der Waals surface area contributed by atoms with Crippen molar-refractivity contribution in [3.63, 3.8) is 0 Å². The average molecular weight is 198 g/mol. The molecule has 0 aliphatic carbocycles. The topological polar surface area (TPSA) is 75.1 Å². The predicted octanol–water partition coefficient (Wildman–Crippen LogP) is 0.423. The average Bonchev–Trinajstić information content (AvgIpc) is 2.41. The van der Waals surface area contributed by atoms with Gasteiger partial charge in [-0.05, 0) is 6.42 Å². The summed E-state index contributed by atoms with van der Waals surface area (Å²) in [5, 5.41) is 9.58. The highest BCUT2D eigenvalue weighted by Gasteiger charge is 2.10. The number of aldehydes is 1. The Morgan fingerprint density at radius 2 is 2.29 bits per heavy atom. The summed E-state index contributed by atoms with van der Waals surface area (Å²) in [6.07, 6.45) is 2.44. The maximum atomic E-state index is 11.3. The zero-order valence-corrected chi connectivity index (χ0v) is 8.12. The van der Waals surface area contributed by atoms with Crippen molar-refractivity contribution in [2.75, 3.05) is 0 Å². The lowest BCUT2D eigenvalue weighted by Gasteiger charge is -1.99. The van der Waals surface area contributed by atoms with E-state index in [-0.39, 0.29) is 24.5 Å². The van der Waals surface area contributed by atoms with E-state index in [9.17, 15) is 14.7 Å². The Kier molecular flexibility index (Phi) is 3.50. The largest absolute Gasteiger partial charge is 0.493 e. The van der Waals surface area contributed by atoms with Crippen LogP contribution in [0, 0.1) is 0 Å². The number of carbonyl (C=O) groups excluding carboxylic acids is 1. The van der Waals surface area contributed by atoms with Gasteiger partial charge < -0.3 is 14.9 Å². The number of aromatic nitrogens is 2. The van der Waals surface area contributed by atoms with Crippen molar-refractivity contribution in [2.24, 2.45) is 0 Å². The van der Waals surface area contributed by atoms with Crippen LogP contribution in [0.1, 0.15) is 25.5 Å². The van der Waals surface area contributed by atoms with Crippen LogP contribution >= 0.6 is 0 Å². The number of aromatic amines is 1. The Morgan fingerprint density at radius 1 is 1.57 bits per heavy atom. The molecule has 1 rings (SSSR count). The van der Waals surface area contributed by atoms with Crippen molar-refractivity contribution in [1.29, 1.82) is 0 Å². The van der Waals surface area contributed by atoms with Gasteiger partial charge in [0.1, 0.15) is 6.29 Å². The van der Waals surface area contributed by atoms with Gasteiger partial charge in [-0.1, -0.05) is 13.3 Å². The van der Waals surface area contributed by atoms with E-state index in [1.807, 2.05) is 6.92 Å². The Labute approximate surface area is 81.4 Å². The number of nitrogens with one attached hydrogen (secondary N) is 1. The maximum absolute atomic E-state index is 11.3. The van der Waals surface area contributed by atoms with E-state index in [1.54, 1.807) is 0 Å². The van der Waals surface area contributed by atoms with Gasteiger partial charge in [-0.15, -0.1) is 0 Å². The molecule has 0 atom stereocenters. The van der Waals surface area contributed by atoms with Gasteiger partial charge in [0, 0.05) is 13.0 Å². The van der Waals surface area contributed by atoms with E-state index in [0.29, 0.717) is 12.1 Å². The molecule has 0 aliphatic rings. The molecule has 0 unspecified atom stereocenters. The van der Waals surface area contributed by atoms with E-state index in [4.69, 9.17) is 0 Å². The smallest absolute Gasteiger partial charge is 0.328 e. The molecule has 0 bridgehead atoms. The summed E-state index contributed by atoms with van der Waals surface area (Å²) in [4.78, 5) is 24.0. The van der Waals surface area contributed by atoms with Crippen LogP contribution in [0.4, 0.5) is 0 Å². The van der Waals surface area contributed by atoms with Crippen LogP contribution in [0.2, 0.25) is 0 Å². The molecule has 0 radical (unpaired) electrons. The zero-order chi connectivity index (χ0) is 10.6. The minimum Gasteiger partial charge on any atom is -0.493 e. The van der Waals surface area contributed by atoms with Crippen LogP contribution in [0.3, 0.4) is 0 Å². The van der Waals surface area contributed by atoms with Crippen molar-refractivity contribution >= 4 is 6.29 Å². The second kappa shape index (κ2) is 4.64. The van der Waals surface area contributed by atoms with Crippen LogP contribution in [-0.2, 0) is 17.8 Å². The highest BCUT2D eigenvalue weighted by Crippen LogP contribution is 2.14. The fraction of sp³-hybridized carbons (Fsp3) is 0.556. The fourth-order valence-electron chi connectivity index (χ4n) is 1.33. The minimum atomic E-state index is -0.354. The molecule has 1 heterocycles. The molecule has 0 amide bonds. The molecule has 0 aromatic carbocycles. The highest BCUT2D eigenvalue weighted by atomic mass is 16.3. The summed E-state index contributed by atoms with van der Waals surface area (Å²) >= 11 is 0. The number of hydrogen-bond acceptors (Lipinski definition) is 3. The molecule has 0 fully saturated rings. The van der Waals surface area contributed by atoms with E-state index in [0.717, 1.165) is 12.7 Å². The molecule has 0 saturated carbocycles. The molecule has 0 spiro atoms. The molecule has 14 heavy (non-hydrogen) atoms. The first-order valence-corrected chi connectivity index (χ1v) is 4.65. The Bertz CT molecular complexity index is 365. The van der Waals surface area contributed by atoms with E-state index in [1.165, 1.54) is 4.57 Å². The van der Waals surface area contributed by atoms with Gasteiger partial charge in [0.15, 0.2) is 0 Å². The van der Waals surface area contributed by atoms with Crippen LogP contribution in [0.25, 0.3) is 0 Å². The molecule has 5 nitrogen and oxygen atoms in total. The lowest BCUT2D eigenvalue weighted by Crippen LogP contribution is -2.16. The quantitative estimate of drug-likeness (QED) is 0.673.